The second-order valence-corrected chi connectivity index (χ2v) is 3.88. The molecule has 0 saturated carbocycles. The van der Waals surface area contributed by atoms with Crippen LogP contribution in [0.5, 0.6) is 0 Å². The van der Waals surface area contributed by atoms with Crippen LogP contribution in [0.1, 0.15) is 39.0 Å². The van der Waals surface area contributed by atoms with E-state index in [9.17, 15) is 0 Å². The molecule has 0 bridgehead atoms. The first kappa shape index (κ1) is 10.0. The molecule has 1 aliphatic heterocycles. The molecule has 2 N–H and O–H groups in total. The first-order valence-corrected chi connectivity index (χ1v) is 5.28. The average molecular weight is 170 g/mol. The maximum atomic E-state index is 5.46. The third kappa shape index (κ3) is 3.11. The third-order valence-electron chi connectivity index (χ3n) is 2.84. The molecule has 1 rings (SSSR count). The van der Waals surface area contributed by atoms with Gasteiger partial charge in [0.2, 0.25) is 0 Å². The van der Waals surface area contributed by atoms with Crippen molar-refractivity contribution in [1.29, 1.82) is 0 Å². The number of unbranched alkanes of at least 4 members (excludes halogenated alkanes) is 1. The van der Waals surface area contributed by atoms with E-state index in [1.807, 2.05) is 0 Å². The van der Waals surface area contributed by atoms with Crippen LogP contribution in [0.3, 0.4) is 0 Å². The summed E-state index contributed by atoms with van der Waals surface area (Å²) in [6.07, 6.45) is 6.67. The lowest BCUT2D eigenvalue weighted by Crippen LogP contribution is -2.38. The molecule has 0 amide bonds. The number of nitrogens with zero attached hydrogens (tertiary/aromatic N) is 1. The van der Waals surface area contributed by atoms with Crippen molar-refractivity contribution in [1.82, 2.24) is 4.90 Å². The van der Waals surface area contributed by atoms with E-state index in [4.69, 9.17) is 5.73 Å². The van der Waals surface area contributed by atoms with E-state index in [1.165, 1.54) is 45.2 Å². The Morgan fingerprint density at radius 2 is 2.17 bits per heavy atom. The molecule has 0 aromatic carbocycles. The van der Waals surface area contributed by atoms with E-state index >= 15 is 0 Å². The minimum absolute atomic E-state index is 0.816. The molecule has 1 saturated heterocycles. The zero-order valence-electron chi connectivity index (χ0n) is 8.26. The van der Waals surface area contributed by atoms with E-state index < -0.39 is 0 Å². The van der Waals surface area contributed by atoms with Crippen molar-refractivity contribution < 1.29 is 0 Å². The molecular formula is C10H22N2. The Kier molecular flexibility index (Phi) is 4.62. The zero-order chi connectivity index (χ0) is 8.81. The Morgan fingerprint density at radius 1 is 1.33 bits per heavy atom. The van der Waals surface area contributed by atoms with Gasteiger partial charge in [0.25, 0.3) is 0 Å². The van der Waals surface area contributed by atoms with Gasteiger partial charge >= 0.3 is 0 Å². The van der Waals surface area contributed by atoms with Crippen molar-refractivity contribution in [3.8, 4) is 0 Å². The highest BCUT2D eigenvalue weighted by Crippen LogP contribution is 2.16. The number of hydrogen-bond acceptors (Lipinski definition) is 2. The van der Waals surface area contributed by atoms with Gasteiger partial charge in [0.15, 0.2) is 0 Å². The first-order chi connectivity index (χ1) is 5.84. The number of nitrogens with two attached hydrogens (primary N) is 1. The fourth-order valence-electron chi connectivity index (χ4n) is 1.95. The van der Waals surface area contributed by atoms with E-state index in [2.05, 4.69) is 11.8 Å². The van der Waals surface area contributed by atoms with Crippen LogP contribution in [0.2, 0.25) is 0 Å². The maximum Gasteiger partial charge on any atom is 0.00669 e. The summed E-state index contributed by atoms with van der Waals surface area (Å²) in [6, 6.07) is 0.816. The number of likely N-dealkylation sites (tertiary alicyclic amines) is 1. The van der Waals surface area contributed by atoms with Gasteiger partial charge in [-0.25, -0.2) is 0 Å². The highest BCUT2D eigenvalue weighted by molar-refractivity contribution is 4.72. The minimum atomic E-state index is 0.816. The van der Waals surface area contributed by atoms with Crippen molar-refractivity contribution in [2.24, 2.45) is 5.73 Å². The van der Waals surface area contributed by atoms with Crippen molar-refractivity contribution in [2.75, 3.05) is 19.6 Å². The van der Waals surface area contributed by atoms with Gasteiger partial charge in [-0.05, 0) is 52.2 Å². The van der Waals surface area contributed by atoms with Crippen LogP contribution < -0.4 is 5.73 Å². The summed E-state index contributed by atoms with van der Waals surface area (Å²) >= 11 is 0. The lowest BCUT2D eigenvalue weighted by molar-refractivity contribution is 0.158. The second-order valence-electron chi connectivity index (χ2n) is 3.88. The quantitative estimate of drug-likeness (QED) is 0.649. The molecule has 0 aromatic heterocycles. The maximum absolute atomic E-state index is 5.46. The number of piperidine rings is 1. The predicted octanol–water partition coefficient (Wildman–Crippen LogP) is 1.60. The minimum Gasteiger partial charge on any atom is -0.330 e. The van der Waals surface area contributed by atoms with Gasteiger partial charge in [0, 0.05) is 6.04 Å². The lowest BCUT2D eigenvalue weighted by Gasteiger charge is -2.33. The van der Waals surface area contributed by atoms with Crippen molar-refractivity contribution in [3.05, 3.63) is 0 Å². The summed E-state index contributed by atoms with van der Waals surface area (Å²) in [4.78, 5) is 2.61. The van der Waals surface area contributed by atoms with E-state index in [0.717, 1.165) is 12.6 Å². The van der Waals surface area contributed by atoms with Crippen LogP contribution in [0.4, 0.5) is 0 Å². The largest absolute Gasteiger partial charge is 0.330 e. The third-order valence-corrected chi connectivity index (χ3v) is 2.84. The fourth-order valence-corrected chi connectivity index (χ4v) is 1.95. The summed E-state index contributed by atoms with van der Waals surface area (Å²) in [7, 11) is 0. The molecule has 1 unspecified atom stereocenters. The molecule has 1 fully saturated rings. The molecule has 0 spiro atoms. The Hall–Kier alpha value is -0.0800. The Morgan fingerprint density at radius 3 is 2.83 bits per heavy atom. The van der Waals surface area contributed by atoms with Gasteiger partial charge < -0.3 is 10.6 Å². The van der Waals surface area contributed by atoms with E-state index in [1.54, 1.807) is 0 Å². The van der Waals surface area contributed by atoms with Crippen LogP contribution in [0, 0.1) is 0 Å². The Bertz CT molecular complexity index is 114. The van der Waals surface area contributed by atoms with E-state index in [-0.39, 0.29) is 0 Å². The molecule has 0 aromatic rings. The summed E-state index contributed by atoms with van der Waals surface area (Å²) in [5.74, 6) is 0. The summed E-state index contributed by atoms with van der Waals surface area (Å²) in [5, 5.41) is 0. The highest BCUT2D eigenvalue weighted by atomic mass is 15.1. The van der Waals surface area contributed by atoms with Crippen molar-refractivity contribution in [2.45, 2.75) is 45.1 Å². The standard InChI is InChI=1S/C10H22N2/c1-10-6-2-4-8-12(10)9-5-3-7-11/h10H,2-9,11H2,1H3. The molecular weight excluding hydrogens is 148 g/mol. The molecule has 1 aliphatic rings. The van der Waals surface area contributed by atoms with Gasteiger partial charge in [0.05, 0.1) is 0 Å². The van der Waals surface area contributed by atoms with Crippen LogP contribution in [-0.4, -0.2) is 30.6 Å². The predicted molar refractivity (Wildman–Crippen MR) is 53.2 cm³/mol. The SMILES string of the molecule is CC1CCCCN1CCCCN. The molecule has 2 nitrogen and oxygen atoms in total. The van der Waals surface area contributed by atoms with Crippen LogP contribution in [0.15, 0.2) is 0 Å². The van der Waals surface area contributed by atoms with Crippen molar-refractivity contribution >= 4 is 0 Å². The summed E-state index contributed by atoms with van der Waals surface area (Å²) < 4.78 is 0. The van der Waals surface area contributed by atoms with Gasteiger partial charge in [-0.1, -0.05) is 6.42 Å². The number of hydrogen-bond donors (Lipinski definition) is 1. The molecule has 0 aliphatic carbocycles. The summed E-state index contributed by atoms with van der Waals surface area (Å²) in [5.41, 5.74) is 5.46. The fraction of sp³-hybridized carbons (Fsp3) is 1.00. The molecule has 12 heavy (non-hydrogen) atoms. The van der Waals surface area contributed by atoms with Crippen LogP contribution >= 0.6 is 0 Å². The molecule has 1 atom stereocenters. The van der Waals surface area contributed by atoms with Gasteiger partial charge in [-0.15, -0.1) is 0 Å². The number of rotatable bonds is 4. The zero-order valence-corrected chi connectivity index (χ0v) is 8.26. The Labute approximate surface area is 76.1 Å². The average Bonchev–Trinajstić information content (AvgIpc) is 2.09. The topological polar surface area (TPSA) is 29.3 Å². The highest BCUT2D eigenvalue weighted by Gasteiger charge is 2.16. The molecule has 2 heteroatoms. The smallest absolute Gasteiger partial charge is 0.00669 e. The summed E-state index contributed by atoms with van der Waals surface area (Å²) in [6.45, 7) is 5.77. The molecule has 0 radical (unpaired) electrons. The van der Waals surface area contributed by atoms with Crippen LogP contribution in [-0.2, 0) is 0 Å². The normalized spacial score (nSPS) is 26.0. The lowest BCUT2D eigenvalue weighted by atomic mass is 10.0. The Balaban J connectivity index is 2.11. The molecule has 72 valence electrons. The van der Waals surface area contributed by atoms with Gasteiger partial charge in [-0.3, -0.25) is 0 Å². The van der Waals surface area contributed by atoms with Crippen molar-refractivity contribution in [3.63, 3.8) is 0 Å². The molecule has 1 heterocycles. The van der Waals surface area contributed by atoms with Gasteiger partial charge in [-0.2, -0.15) is 0 Å². The van der Waals surface area contributed by atoms with Crippen LogP contribution in [0.25, 0.3) is 0 Å². The second kappa shape index (κ2) is 5.55. The van der Waals surface area contributed by atoms with E-state index in [0.29, 0.717) is 0 Å². The van der Waals surface area contributed by atoms with Gasteiger partial charge in [0.1, 0.15) is 0 Å². The monoisotopic (exact) mass is 170 g/mol. The first-order valence-electron chi connectivity index (χ1n) is 5.28.